The van der Waals surface area contributed by atoms with E-state index in [-0.39, 0.29) is 0 Å². The summed E-state index contributed by atoms with van der Waals surface area (Å²) in [6.07, 6.45) is 10.5. The molecular formula is C9H11Cl. The molecule has 0 saturated carbocycles. The van der Waals surface area contributed by atoms with Crippen LogP contribution >= 0.6 is 11.6 Å². The summed E-state index contributed by atoms with van der Waals surface area (Å²) >= 11 is 5.84. The van der Waals surface area contributed by atoms with Crippen molar-refractivity contribution in [2.45, 2.75) is 19.8 Å². The Morgan fingerprint density at radius 3 is 3.00 bits per heavy atom. The fourth-order valence-corrected chi connectivity index (χ4v) is 1.19. The molecule has 0 aliphatic heterocycles. The first-order valence-corrected chi connectivity index (χ1v) is 3.87. The van der Waals surface area contributed by atoms with Gasteiger partial charge in [-0.05, 0) is 31.4 Å². The molecule has 1 heteroatoms. The van der Waals surface area contributed by atoms with Crippen molar-refractivity contribution in [1.82, 2.24) is 0 Å². The number of hydrogen-bond acceptors (Lipinski definition) is 0. The third-order valence-electron chi connectivity index (χ3n) is 1.42. The normalized spacial score (nSPS) is 32.6. The standard InChI is InChI=1S/C9H11Cl/c1-8-5-3-2-4-6-9(10)7-8/h3,5-7H,2,4H2,1H3/b5-3-,8-7-,9-6-. The molecule has 0 aromatic heterocycles. The summed E-state index contributed by atoms with van der Waals surface area (Å²) < 4.78 is 0. The van der Waals surface area contributed by atoms with E-state index in [0.29, 0.717) is 0 Å². The zero-order chi connectivity index (χ0) is 7.40. The number of allylic oxidation sites excluding steroid dienone is 6. The van der Waals surface area contributed by atoms with Crippen LogP contribution in [-0.4, -0.2) is 0 Å². The second-order valence-electron chi connectivity index (χ2n) is 2.46. The fourth-order valence-electron chi connectivity index (χ4n) is 0.911. The van der Waals surface area contributed by atoms with Crippen molar-refractivity contribution >= 4 is 11.6 Å². The monoisotopic (exact) mass is 154 g/mol. The van der Waals surface area contributed by atoms with Crippen LogP contribution in [-0.2, 0) is 0 Å². The van der Waals surface area contributed by atoms with Gasteiger partial charge >= 0.3 is 0 Å². The molecule has 1 rings (SSSR count). The number of hydrogen-bond donors (Lipinski definition) is 0. The Morgan fingerprint density at radius 2 is 2.20 bits per heavy atom. The summed E-state index contributed by atoms with van der Waals surface area (Å²) in [5.41, 5.74) is 1.22. The van der Waals surface area contributed by atoms with E-state index in [1.54, 1.807) is 0 Å². The highest BCUT2D eigenvalue weighted by molar-refractivity contribution is 6.31. The Bertz CT molecular complexity index is 197. The first-order chi connectivity index (χ1) is 4.79. The zero-order valence-electron chi connectivity index (χ0n) is 6.10. The molecule has 0 spiro atoms. The maximum atomic E-state index is 5.84. The highest BCUT2D eigenvalue weighted by atomic mass is 35.5. The second kappa shape index (κ2) is 3.62. The second-order valence-corrected chi connectivity index (χ2v) is 2.89. The lowest BCUT2D eigenvalue weighted by Gasteiger charge is -1.97. The quantitative estimate of drug-likeness (QED) is 0.502. The predicted molar refractivity (Wildman–Crippen MR) is 46.1 cm³/mol. The molecule has 0 heterocycles. The molecule has 54 valence electrons. The van der Waals surface area contributed by atoms with Crippen molar-refractivity contribution in [3.05, 3.63) is 34.9 Å². The van der Waals surface area contributed by atoms with E-state index < -0.39 is 0 Å². The van der Waals surface area contributed by atoms with Gasteiger partial charge in [0, 0.05) is 5.03 Å². The Hall–Kier alpha value is -0.490. The van der Waals surface area contributed by atoms with Crippen molar-refractivity contribution in [3.8, 4) is 0 Å². The molecule has 0 N–H and O–H groups in total. The van der Waals surface area contributed by atoms with Gasteiger partial charge in [-0.15, -0.1) is 0 Å². The van der Waals surface area contributed by atoms with Crippen molar-refractivity contribution in [3.63, 3.8) is 0 Å². The van der Waals surface area contributed by atoms with Crippen molar-refractivity contribution in [2.75, 3.05) is 0 Å². The van der Waals surface area contributed by atoms with E-state index in [2.05, 4.69) is 25.2 Å². The summed E-state index contributed by atoms with van der Waals surface area (Å²) in [7, 11) is 0. The first-order valence-electron chi connectivity index (χ1n) is 3.49. The molecule has 0 amide bonds. The first kappa shape index (κ1) is 7.62. The maximum Gasteiger partial charge on any atom is 0.0368 e. The molecule has 0 nitrogen and oxygen atoms in total. The zero-order valence-corrected chi connectivity index (χ0v) is 6.86. The van der Waals surface area contributed by atoms with Gasteiger partial charge in [0.25, 0.3) is 0 Å². The molecule has 0 unspecified atom stereocenters. The van der Waals surface area contributed by atoms with Crippen LogP contribution in [0.2, 0.25) is 0 Å². The minimum Gasteiger partial charge on any atom is -0.0847 e. The summed E-state index contributed by atoms with van der Waals surface area (Å²) in [4.78, 5) is 0. The average Bonchev–Trinajstić information content (AvgIpc) is 1.83. The van der Waals surface area contributed by atoms with Gasteiger partial charge in [0.1, 0.15) is 0 Å². The molecule has 0 radical (unpaired) electrons. The topological polar surface area (TPSA) is 0 Å². The molecule has 0 bridgehead atoms. The SMILES string of the molecule is CC1=C/C(Cl)=C/CC/C=C\1. The third kappa shape index (κ3) is 2.40. The van der Waals surface area contributed by atoms with E-state index in [4.69, 9.17) is 11.6 Å². The highest BCUT2D eigenvalue weighted by Gasteiger charge is 1.90. The molecule has 0 aromatic carbocycles. The lowest BCUT2D eigenvalue weighted by Crippen LogP contribution is -1.76. The highest BCUT2D eigenvalue weighted by Crippen LogP contribution is 2.13. The van der Waals surface area contributed by atoms with Crippen LogP contribution < -0.4 is 0 Å². The number of rotatable bonds is 0. The Morgan fingerprint density at radius 1 is 1.40 bits per heavy atom. The molecular weight excluding hydrogens is 144 g/mol. The van der Waals surface area contributed by atoms with E-state index in [1.807, 2.05) is 6.08 Å². The molecule has 10 heavy (non-hydrogen) atoms. The van der Waals surface area contributed by atoms with Crippen LogP contribution in [0.3, 0.4) is 0 Å². The van der Waals surface area contributed by atoms with E-state index in [1.165, 1.54) is 5.57 Å². The van der Waals surface area contributed by atoms with Crippen LogP contribution in [0.15, 0.2) is 34.9 Å². The van der Waals surface area contributed by atoms with Gasteiger partial charge in [-0.1, -0.05) is 29.8 Å². The van der Waals surface area contributed by atoms with Crippen LogP contribution in [0, 0.1) is 0 Å². The molecule has 1 aliphatic carbocycles. The third-order valence-corrected chi connectivity index (χ3v) is 1.68. The molecule has 0 atom stereocenters. The smallest absolute Gasteiger partial charge is 0.0368 e. The Labute approximate surface area is 66.9 Å². The fraction of sp³-hybridized carbons (Fsp3) is 0.333. The van der Waals surface area contributed by atoms with Crippen LogP contribution in [0.4, 0.5) is 0 Å². The van der Waals surface area contributed by atoms with Gasteiger partial charge in [0.15, 0.2) is 0 Å². The molecule has 0 aromatic rings. The van der Waals surface area contributed by atoms with Gasteiger partial charge in [0.05, 0.1) is 0 Å². The van der Waals surface area contributed by atoms with Gasteiger partial charge in [0.2, 0.25) is 0 Å². The molecule has 0 saturated heterocycles. The number of halogens is 1. The van der Waals surface area contributed by atoms with Gasteiger partial charge in [-0.3, -0.25) is 0 Å². The van der Waals surface area contributed by atoms with Crippen LogP contribution in [0.5, 0.6) is 0 Å². The van der Waals surface area contributed by atoms with Crippen LogP contribution in [0.25, 0.3) is 0 Å². The summed E-state index contributed by atoms with van der Waals surface area (Å²) in [5, 5.41) is 0.863. The minimum absolute atomic E-state index is 0.863. The molecule has 0 fully saturated rings. The van der Waals surface area contributed by atoms with Gasteiger partial charge in [-0.25, -0.2) is 0 Å². The van der Waals surface area contributed by atoms with Gasteiger partial charge in [-0.2, -0.15) is 0 Å². The minimum atomic E-state index is 0.863. The largest absolute Gasteiger partial charge is 0.0847 e. The summed E-state index contributed by atoms with van der Waals surface area (Å²) in [6, 6.07) is 0. The summed E-state index contributed by atoms with van der Waals surface area (Å²) in [5.74, 6) is 0. The van der Waals surface area contributed by atoms with Crippen molar-refractivity contribution in [2.24, 2.45) is 0 Å². The summed E-state index contributed by atoms with van der Waals surface area (Å²) in [6.45, 7) is 2.05. The Kier molecular flexibility index (Phi) is 2.76. The lowest BCUT2D eigenvalue weighted by molar-refractivity contribution is 1.04. The van der Waals surface area contributed by atoms with Crippen molar-refractivity contribution in [1.29, 1.82) is 0 Å². The maximum absolute atomic E-state index is 5.84. The van der Waals surface area contributed by atoms with E-state index in [0.717, 1.165) is 17.9 Å². The lowest BCUT2D eigenvalue weighted by atomic mass is 10.1. The van der Waals surface area contributed by atoms with Gasteiger partial charge < -0.3 is 0 Å². The Balaban J connectivity index is 2.79. The van der Waals surface area contributed by atoms with Crippen LogP contribution in [0.1, 0.15) is 19.8 Å². The predicted octanol–water partition coefficient (Wildman–Crippen LogP) is 3.41. The van der Waals surface area contributed by atoms with E-state index in [9.17, 15) is 0 Å². The molecule has 1 aliphatic rings. The average molecular weight is 155 g/mol. The van der Waals surface area contributed by atoms with Crippen molar-refractivity contribution < 1.29 is 0 Å². The van der Waals surface area contributed by atoms with E-state index >= 15 is 0 Å².